The molecule has 72 heavy (non-hydrogen) atoms. The van der Waals surface area contributed by atoms with E-state index in [2.05, 4.69) is 31.3 Å². The third-order valence-corrected chi connectivity index (χ3v) is 15.3. The Balaban J connectivity index is 8.91. The highest BCUT2D eigenvalue weighted by atomic mass is 28.4. The van der Waals surface area contributed by atoms with Crippen molar-refractivity contribution in [1.29, 1.82) is 0 Å². The second kappa shape index (κ2) is 20.6. The van der Waals surface area contributed by atoms with Crippen LogP contribution in [0.4, 0.5) is 149 Å². The Morgan fingerprint density at radius 3 is 0.806 bits per heavy atom. The molecule has 0 saturated carbocycles. The van der Waals surface area contributed by atoms with Crippen LogP contribution in [0.2, 0.25) is 11.1 Å². The van der Waals surface area contributed by atoms with Crippen molar-refractivity contribution in [3.63, 3.8) is 0 Å². The van der Waals surface area contributed by atoms with Gasteiger partial charge in [0, 0.05) is 54.6 Å². The van der Waals surface area contributed by atoms with Crippen molar-refractivity contribution in [1.82, 2.24) is 0 Å². The Morgan fingerprint density at radius 1 is 0.306 bits per heavy atom. The number of hydrogen-bond acceptors (Lipinski definition) is 10. The molecule has 10 nitrogen and oxygen atoms in total. The molecule has 0 radical (unpaired) electrons. The van der Waals surface area contributed by atoms with E-state index in [1.165, 1.54) is 9.47 Å². The number of halogens is 34. The first-order chi connectivity index (χ1) is 31.1. The predicted octanol–water partition coefficient (Wildman–Crippen LogP) is 12.0. The van der Waals surface area contributed by atoms with E-state index in [1.807, 2.05) is 4.74 Å². The van der Waals surface area contributed by atoms with Gasteiger partial charge in [-0.2, -0.15) is 140 Å². The lowest BCUT2D eigenvalue weighted by atomic mass is 10.0. The van der Waals surface area contributed by atoms with Gasteiger partial charge in [-0.1, -0.05) is 0 Å². The molecule has 0 aliphatic heterocycles. The quantitative estimate of drug-likeness (QED) is 0.0650. The zero-order chi connectivity index (χ0) is 58.6. The maximum Gasteiger partial charge on any atom is 0.509 e. The minimum atomic E-state index is -8.74. The van der Waals surface area contributed by atoms with E-state index in [0.29, 0.717) is 0 Å². The zero-order valence-corrected chi connectivity index (χ0v) is 36.5. The molecule has 0 aromatic rings. The van der Waals surface area contributed by atoms with Gasteiger partial charge in [0.2, 0.25) is 0 Å². The molecule has 434 valence electrons. The topological polar surface area (TPSA) is 92.3 Å². The average molecular weight is 1200 g/mol. The van der Waals surface area contributed by atoms with Gasteiger partial charge in [-0.3, -0.25) is 18.9 Å². The SMILES string of the molecule is CO[Si](OC)(OC)C(CC(C(F)(OC(F)(F)C(F)(OC(F)(F)C(F)(F)C(F)(F)F)C(F)(F)F)C(F)(F)F)[Si](OC)(OC)OC)CC(F)(OC(F)(F)C(F)(OC(F)(F)C(F)(F)C(F)(F)F)C(F)(F)F)C(F)(F)F. The molecule has 0 rings (SSSR count). The predicted molar refractivity (Wildman–Crippen MR) is 156 cm³/mol. The van der Waals surface area contributed by atoms with E-state index >= 15 is 30.7 Å². The molecule has 0 spiro atoms. The standard InChI is InChI=1S/C26H24F34O10Si2/c1-61-71(62-2,63-3)9(8-11(27,17(35,36)37)67-25(57,58)15(33,21(47,48)49)69-23(53,54)13(29,30)19(41,42)43)7-10(72(64-4,65-5)66-6)12(28,18(38,39)40)68-26(59,60)16(34,22(50,51)52)70-24(55,56)14(31,32)20(44,45)46/h9-10H,7-8H2,1-6H3. The summed E-state index contributed by atoms with van der Waals surface area (Å²) in [5.41, 5.74) is -9.41. The van der Waals surface area contributed by atoms with Crippen LogP contribution < -0.4 is 0 Å². The van der Waals surface area contributed by atoms with E-state index in [1.54, 1.807) is 0 Å². The maximum absolute atomic E-state index is 16.8. The van der Waals surface area contributed by atoms with E-state index < -0.39 is 138 Å². The van der Waals surface area contributed by atoms with Crippen molar-refractivity contribution in [3.05, 3.63) is 0 Å². The Bertz CT molecular complexity index is 1760. The Labute approximate surface area is 376 Å². The van der Waals surface area contributed by atoms with Crippen molar-refractivity contribution in [3.8, 4) is 0 Å². The average Bonchev–Trinajstić information content (AvgIpc) is 3.15. The number of ether oxygens (including phenoxy) is 4. The highest BCUT2D eigenvalue weighted by Crippen LogP contribution is 2.63. The van der Waals surface area contributed by atoms with Gasteiger partial charge >= 0.3 is 114 Å². The minimum absolute atomic E-state index is 0.128. The summed E-state index contributed by atoms with van der Waals surface area (Å²) in [5, 5.41) is 0. The van der Waals surface area contributed by atoms with E-state index in [-0.39, 0.29) is 42.7 Å². The van der Waals surface area contributed by atoms with Crippen molar-refractivity contribution in [2.75, 3.05) is 42.7 Å². The van der Waals surface area contributed by atoms with Crippen LogP contribution in [0.5, 0.6) is 0 Å². The van der Waals surface area contributed by atoms with Crippen molar-refractivity contribution < 1.29 is 195 Å². The van der Waals surface area contributed by atoms with Gasteiger partial charge in [0.15, 0.2) is 0 Å². The van der Waals surface area contributed by atoms with Crippen LogP contribution in [-0.2, 0) is 45.5 Å². The lowest BCUT2D eigenvalue weighted by Gasteiger charge is -2.47. The number of rotatable bonds is 25. The molecule has 0 heterocycles. The van der Waals surface area contributed by atoms with Gasteiger partial charge in [-0.15, -0.1) is 0 Å². The summed E-state index contributed by atoms with van der Waals surface area (Å²) in [6, 6.07) is 0. The van der Waals surface area contributed by atoms with Crippen molar-refractivity contribution in [2.24, 2.45) is 0 Å². The second-order valence-electron chi connectivity index (χ2n) is 13.3. The molecule has 0 bridgehead atoms. The maximum atomic E-state index is 16.8. The monoisotopic (exact) mass is 1200 g/mol. The summed E-state index contributed by atoms with van der Waals surface area (Å²) in [6.07, 6.45) is -90.9. The highest BCUT2D eigenvalue weighted by molar-refractivity contribution is 6.64. The first-order valence-corrected chi connectivity index (χ1v) is 20.3. The van der Waals surface area contributed by atoms with Gasteiger partial charge in [0.25, 0.3) is 0 Å². The van der Waals surface area contributed by atoms with Gasteiger partial charge in [0.1, 0.15) is 0 Å². The summed E-state index contributed by atoms with van der Waals surface area (Å²) in [5.74, 6) is -49.3. The van der Waals surface area contributed by atoms with Crippen LogP contribution in [0, 0.1) is 0 Å². The lowest BCUT2D eigenvalue weighted by Crippen LogP contribution is -2.69. The van der Waals surface area contributed by atoms with Crippen LogP contribution in [0.15, 0.2) is 0 Å². The summed E-state index contributed by atoms with van der Waals surface area (Å²) < 4.78 is 510. The first-order valence-electron chi connectivity index (χ1n) is 16.7. The first kappa shape index (κ1) is 69.7. The molecular weight excluding hydrogens is 1170 g/mol. The molecule has 0 aliphatic carbocycles. The molecule has 0 aromatic heterocycles. The molecular formula is C26H24F34O10Si2. The Morgan fingerprint density at radius 2 is 0.583 bits per heavy atom. The normalized spacial score (nSPS) is 19.8. The summed E-state index contributed by atoms with van der Waals surface area (Å²) in [4.78, 5) is 0. The van der Waals surface area contributed by atoms with E-state index in [4.69, 9.17) is 0 Å². The highest BCUT2D eigenvalue weighted by Gasteiger charge is 2.88. The van der Waals surface area contributed by atoms with E-state index in [9.17, 15) is 119 Å². The fourth-order valence-electron chi connectivity index (χ4n) is 5.34. The molecule has 0 amide bonds. The van der Waals surface area contributed by atoms with Gasteiger partial charge in [-0.05, 0) is 6.42 Å². The van der Waals surface area contributed by atoms with Crippen LogP contribution in [0.25, 0.3) is 0 Å². The van der Waals surface area contributed by atoms with Gasteiger partial charge in [-0.25, -0.2) is 8.78 Å². The number of hydrogen-bond donors (Lipinski definition) is 0. The third kappa shape index (κ3) is 12.2. The fraction of sp³-hybridized carbons (Fsp3) is 1.00. The molecule has 0 aromatic carbocycles. The zero-order valence-electron chi connectivity index (χ0n) is 34.5. The molecule has 0 saturated heterocycles. The largest absolute Gasteiger partial charge is 0.509 e. The molecule has 46 heteroatoms. The summed E-state index contributed by atoms with van der Waals surface area (Å²) in [7, 11) is -14.7. The van der Waals surface area contributed by atoms with Crippen molar-refractivity contribution >= 4 is 17.6 Å². The Hall–Kier alpha value is -2.35. The van der Waals surface area contributed by atoms with Crippen LogP contribution in [0.3, 0.4) is 0 Å². The van der Waals surface area contributed by atoms with Crippen LogP contribution in [0.1, 0.15) is 12.8 Å². The molecule has 0 aliphatic rings. The van der Waals surface area contributed by atoms with E-state index in [0.717, 1.165) is 0 Å². The summed E-state index contributed by atoms with van der Waals surface area (Å²) in [6.45, 7) is 0. The van der Waals surface area contributed by atoms with Gasteiger partial charge < -0.3 is 26.6 Å². The Kier molecular flexibility index (Phi) is 19.9. The molecule has 6 atom stereocenters. The fourth-order valence-corrected chi connectivity index (χ4v) is 10.7. The smallest absolute Gasteiger partial charge is 0.377 e. The third-order valence-electron chi connectivity index (χ3n) is 8.95. The van der Waals surface area contributed by atoms with Gasteiger partial charge in [0.05, 0.1) is 5.54 Å². The molecule has 0 N–H and O–H groups in total. The second-order valence-corrected chi connectivity index (χ2v) is 19.7. The molecule has 6 unspecified atom stereocenters. The number of alkyl halides is 34. The van der Waals surface area contributed by atoms with Crippen molar-refractivity contribution in [2.45, 2.75) is 121 Å². The molecule has 0 fully saturated rings. The van der Waals surface area contributed by atoms with Crippen LogP contribution in [-0.4, -0.2) is 157 Å². The summed E-state index contributed by atoms with van der Waals surface area (Å²) >= 11 is 0. The van der Waals surface area contributed by atoms with Crippen LogP contribution >= 0.6 is 0 Å². The minimum Gasteiger partial charge on any atom is -0.377 e. The lowest BCUT2D eigenvalue weighted by molar-refractivity contribution is -0.553.